The molecule has 0 aliphatic carbocycles. The maximum absolute atomic E-state index is 12.6. The number of rotatable bonds is 3. The number of amides is 2. The lowest BCUT2D eigenvalue weighted by atomic mass is 9.87. The third kappa shape index (κ3) is 4.21. The molecule has 0 aromatic heterocycles. The molecule has 0 spiro atoms. The Labute approximate surface area is 161 Å². The molecule has 4 nitrogen and oxygen atoms in total. The van der Waals surface area contributed by atoms with E-state index in [0.717, 1.165) is 16.9 Å². The number of aryl methyl sites for hydroxylation is 2. The third-order valence-electron chi connectivity index (χ3n) is 5.32. The summed E-state index contributed by atoms with van der Waals surface area (Å²) in [5.74, 6) is -0.430. The molecule has 27 heavy (non-hydrogen) atoms. The summed E-state index contributed by atoms with van der Waals surface area (Å²) in [6.45, 7) is 11.0. The largest absolute Gasteiger partial charge is 0.326 e. The van der Waals surface area contributed by atoms with Crippen molar-refractivity contribution in [3.05, 3.63) is 59.2 Å². The summed E-state index contributed by atoms with van der Waals surface area (Å²) >= 11 is 0. The Balaban J connectivity index is 1.69. The average molecular weight is 364 g/mol. The van der Waals surface area contributed by atoms with Crippen LogP contribution in [0, 0.1) is 19.8 Å². The second-order valence-electron chi connectivity index (χ2n) is 8.49. The van der Waals surface area contributed by atoms with Crippen molar-refractivity contribution in [2.45, 2.75) is 46.5 Å². The summed E-state index contributed by atoms with van der Waals surface area (Å²) in [6, 6.07) is 13.9. The molecule has 2 aromatic carbocycles. The quantitative estimate of drug-likeness (QED) is 0.866. The summed E-state index contributed by atoms with van der Waals surface area (Å²) in [4.78, 5) is 26.8. The number of anilines is 2. The molecule has 1 aliphatic heterocycles. The van der Waals surface area contributed by atoms with Crippen molar-refractivity contribution in [3.63, 3.8) is 0 Å². The van der Waals surface area contributed by atoms with Crippen molar-refractivity contribution >= 4 is 23.2 Å². The van der Waals surface area contributed by atoms with E-state index in [1.54, 1.807) is 4.90 Å². The topological polar surface area (TPSA) is 49.4 Å². The van der Waals surface area contributed by atoms with Crippen LogP contribution < -0.4 is 10.2 Å². The molecule has 142 valence electrons. The standard InChI is InChI=1S/C23H28N2O2/c1-15-6-9-19(12-16(15)2)24-22(27)17-13-21(26)25(14-17)20-10-7-18(8-11-20)23(3,4)5/h6-12,17H,13-14H2,1-5H3,(H,24,27). The third-order valence-corrected chi connectivity index (χ3v) is 5.32. The fourth-order valence-electron chi connectivity index (χ4n) is 3.34. The van der Waals surface area contributed by atoms with E-state index in [2.05, 4.69) is 38.2 Å². The van der Waals surface area contributed by atoms with Gasteiger partial charge in [-0.1, -0.05) is 39.0 Å². The smallest absolute Gasteiger partial charge is 0.229 e. The summed E-state index contributed by atoms with van der Waals surface area (Å²) < 4.78 is 0. The van der Waals surface area contributed by atoms with Gasteiger partial charge < -0.3 is 10.2 Å². The lowest BCUT2D eigenvalue weighted by Crippen LogP contribution is -2.28. The van der Waals surface area contributed by atoms with Gasteiger partial charge in [0.15, 0.2) is 0 Å². The first kappa shape index (κ1) is 19.2. The van der Waals surface area contributed by atoms with E-state index in [-0.39, 0.29) is 29.6 Å². The molecule has 1 aliphatic rings. The molecule has 0 bridgehead atoms. The first-order valence-electron chi connectivity index (χ1n) is 9.44. The molecular weight excluding hydrogens is 336 g/mol. The van der Waals surface area contributed by atoms with Crippen LogP contribution in [-0.2, 0) is 15.0 Å². The highest BCUT2D eigenvalue weighted by Crippen LogP contribution is 2.29. The van der Waals surface area contributed by atoms with E-state index in [1.165, 1.54) is 11.1 Å². The van der Waals surface area contributed by atoms with E-state index in [0.29, 0.717) is 6.54 Å². The molecule has 1 atom stereocenters. The SMILES string of the molecule is Cc1ccc(NC(=O)C2CC(=O)N(c3ccc(C(C)(C)C)cc3)C2)cc1C. The summed E-state index contributed by atoms with van der Waals surface area (Å²) in [7, 11) is 0. The second kappa shape index (κ2) is 7.18. The van der Waals surface area contributed by atoms with Gasteiger partial charge in [-0.15, -0.1) is 0 Å². The Bertz CT molecular complexity index is 863. The Hall–Kier alpha value is -2.62. The Morgan fingerprint density at radius 1 is 1.04 bits per heavy atom. The second-order valence-corrected chi connectivity index (χ2v) is 8.49. The minimum absolute atomic E-state index is 0.00116. The van der Waals surface area contributed by atoms with Crippen LogP contribution in [0.15, 0.2) is 42.5 Å². The van der Waals surface area contributed by atoms with Gasteiger partial charge in [0, 0.05) is 24.3 Å². The van der Waals surface area contributed by atoms with Gasteiger partial charge in [-0.2, -0.15) is 0 Å². The maximum Gasteiger partial charge on any atom is 0.229 e. The fraction of sp³-hybridized carbons (Fsp3) is 0.391. The Morgan fingerprint density at radius 2 is 1.70 bits per heavy atom. The van der Waals surface area contributed by atoms with E-state index >= 15 is 0 Å². The minimum Gasteiger partial charge on any atom is -0.326 e. The van der Waals surface area contributed by atoms with Crippen molar-refractivity contribution in [3.8, 4) is 0 Å². The predicted molar refractivity (Wildman–Crippen MR) is 110 cm³/mol. The van der Waals surface area contributed by atoms with Crippen molar-refractivity contribution < 1.29 is 9.59 Å². The average Bonchev–Trinajstić information content (AvgIpc) is 2.99. The minimum atomic E-state index is -0.332. The van der Waals surface area contributed by atoms with Crippen molar-refractivity contribution in [1.29, 1.82) is 0 Å². The molecule has 2 aromatic rings. The van der Waals surface area contributed by atoms with Gasteiger partial charge in [0.2, 0.25) is 11.8 Å². The number of nitrogens with one attached hydrogen (secondary N) is 1. The van der Waals surface area contributed by atoms with Crippen LogP contribution in [0.4, 0.5) is 11.4 Å². The van der Waals surface area contributed by atoms with Gasteiger partial charge in [-0.3, -0.25) is 9.59 Å². The van der Waals surface area contributed by atoms with E-state index < -0.39 is 0 Å². The van der Waals surface area contributed by atoms with Crippen LogP contribution in [0.2, 0.25) is 0 Å². The Morgan fingerprint density at radius 3 is 2.30 bits per heavy atom. The molecule has 0 radical (unpaired) electrons. The van der Waals surface area contributed by atoms with Gasteiger partial charge in [0.25, 0.3) is 0 Å². The Kier molecular flexibility index (Phi) is 5.09. The maximum atomic E-state index is 12.6. The first-order valence-corrected chi connectivity index (χ1v) is 9.44. The number of carbonyl (C=O) groups is 2. The predicted octanol–water partition coefficient (Wildman–Crippen LogP) is 4.59. The van der Waals surface area contributed by atoms with Gasteiger partial charge in [0.05, 0.1) is 5.92 Å². The van der Waals surface area contributed by atoms with E-state index in [4.69, 9.17) is 0 Å². The van der Waals surface area contributed by atoms with Crippen LogP contribution in [0.25, 0.3) is 0 Å². The van der Waals surface area contributed by atoms with Gasteiger partial charge >= 0.3 is 0 Å². The van der Waals surface area contributed by atoms with Crippen LogP contribution in [0.5, 0.6) is 0 Å². The highest BCUT2D eigenvalue weighted by molar-refractivity contribution is 6.03. The summed E-state index contributed by atoms with van der Waals surface area (Å²) in [5, 5.41) is 2.96. The van der Waals surface area contributed by atoms with Crippen molar-refractivity contribution in [1.82, 2.24) is 0 Å². The summed E-state index contributed by atoms with van der Waals surface area (Å²) in [6.07, 6.45) is 0.248. The zero-order valence-electron chi connectivity index (χ0n) is 16.8. The molecule has 1 N–H and O–H groups in total. The molecule has 3 rings (SSSR count). The highest BCUT2D eigenvalue weighted by atomic mass is 16.2. The van der Waals surface area contributed by atoms with E-state index in [1.807, 2.05) is 44.2 Å². The van der Waals surface area contributed by atoms with Crippen LogP contribution in [-0.4, -0.2) is 18.4 Å². The lowest BCUT2D eigenvalue weighted by molar-refractivity contribution is -0.122. The first-order chi connectivity index (χ1) is 12.6. The summed E-state index contributed by atoms with van der Waals surface area (Å²) in [5.41, 5.74) is 5.26. The normalized spacial score (nSPS) is 17.3. The van der Waals surface area contributed by atoms with E-state index in [9.17, 15) is 9.59 Å². The van der Waals surface area contributed by atoms with Crippen LogP contribution in [0.1, 0.15) is 43.9 Å². The molecule has 1 heterocycles. The monoisotopic (exact) mass is 364 g/mol. The molecule has 1 unspecified atom stereocenters. The molecule has 2 amide bonds. The molecule has 1 fully saturated rings. The van der Waals surface area contributed by atoms with Gasteiger partial charge in [0.1, 0.15) is 0 Å². The number of hydrogen-bond donors (Lipinski definition) is 1. The lowest BCUT2D eigenvalue weighted by Gasteiger charge is -2.21. The molecule has 1 saturated heterocycles. The number of carbonyl (C=O) groups excluding carboxylic acids is 2. The zero-order valence-corrected chi connectivity index (χ0v) is 16.8. The van der Waals surface area contributed by atoms with Gasteiger partial charge in [-0.25, -0.2) is 0 Å². The van der Waals surface area contributed by atoms with Crippen LogP contribution in [0.3, 0.4) is 0 Å². The molecule has 4 heteroatoms. The molecule has 0 saturated carbocycles. The van der Waals surface area contributed by atoms with Gasteiger partial charge in [-0.05, 0) is 60.2 Å². The van der Waals surface area contributed by atoms with Crippen LogP contribution >= 0.6 is 0 Å². The van der Waals surface area contributed by atoms with Crippen molar-refractivity contribution in [2.75, 3.05) is 16.8 Å². The number of benzene rings is 2. The number of nitrogens with zero attached hydrogens (tertiary/aromatic N) is 1. The highest BCUT2D eigenvalue weighted by Gasteiger charge is 2.35. The zero-order chi connectivity index (χ0) is 19.8. The molecular formula is C23H28N2O2. The fourth-order valence-corrected chi connectivity index (χ4v) is 3.34. The number of hydrogen-bond acceptors (Lipinski definition) is 2. The van der Waals surface area contributed by atoms with Crippen molar-refractivity contribution in [2.24, 2.45) is 5.92 Å².